The standard InChI is InChI=1S/C25H33N3O3/c1-6-25(23(30)31-7-2)14-12-24(5,13-15-25)19-10-8-18(9-11-19)20-16(3)27-17(4)21(28-20)22(26)29/h8-11H,6-7,12-15H2,1-5H3,(H2,26,29). The van der Waals surface area contributed by atoms with Crippen molar-refractivity contribution in [3.63, 3.8) is 0 Å². The summed E-state index contributed by atoms with van der Waals surface area (Å²) in [5.41, 5.74) is 9.45. The van der Waals surface area contributed by atoms with Crippen LogP contribution >= 0.6 is 0 Å². The fraction of sp³-hybridized carbons (Fsp3) is 0.520. The number of esters is 1. The highest BCUT2D eigenvalue weighted by molar-refractivity contribution is 5.92. The molecule has 0 unspecified atom stereocenters. The molecule has 1 fully saturated rings. The SMILES string of the molecule is CCOC(=O)C1(CC)CCC(C)(c2ccc(-c3nc(C(N)=O)c(C)nc3C)cc2)CC1. The molecule has 1 aliphatic rings. The first-order valence-corrected chi connectivity index (χ1v) is 11.1. The summed E-state index contributed by atoms with van der Waals surface area (Å²) in [5.74, 6) is -0.618. The molecule has 166 valence electrons. The lowest BCUT2D eigenvalue weighted by Gasteiger charge is -2.43. The van der Waals surface area contributed by atoms with Gasteiger partial charge in [0.15, 0.2) is 0 Å². The van der Waals surface area contributed by atoms with Crippen molar-refractivity contribution in [1.29, 1.82) is 0 Å². The molecule has 2 aromatic rings. The zero-order valence-electron chi connectivity index (χ0n) is 19.2. The molecule has 1 aromatic carbocycles. The Hall–Kier alpha value is -2.76. The Morgan fingerprint density at radius 1 is 1.00 bits per heavy atom. The zero-order chi connectivity index (χ0) is 22.8. The van der Waals surface area contributed by atoms with Gasteiger partial charge in [0, 0.05) is 5.56 Å². The number of amides is 1. The number of primary amides is 1. The zero-order valence-corrected chi connectivity index (χ0v) is 19.2. The van der Waals surface area contributed by atoms with E-state index in [0.29, 0.717) is 18.0 Å². The summed E-state index contributed by atoms with van der Waals surface area (Å²) in [5, 5.41) is 0. The van der Waals surface area contributed by atoms with Crippen molar-refractivity contribution in [3.8, 4) is 11.3 Å². The number of carbonyl (C=O) groups is 2. The van der Waals surface area contributed by atoms with E-state index in [1.165, 1.54) is 5.56 Å². The van der Waals surface area contributed by atoms with E-state index >= 15 is 0 Å². The van der Waals surface area contributed by atoms with Crippen LogP contribution in [0.3, 0.4) is 0 Å². The maximum Gasteiger partial charge on any atom is 0.312 e. The summed E-state index contributed by atoms with van der Waals surface area (Å²) in [6.45, 7) is 10.3. The highest BCUT2D eigenvalue weighted by atomic mass is 16.5. The molecule has 0 spiro atoms. The van der Waals surface area contributed by atoms with Crippen LogP contribution in [0.2, 0.25) is 0 Å². The van der Waals surface area contributed by atoms with Gasteiger partial charge in [-0.3, -0.25) is 14.6 Å². The van der Waals surface area contributed by atoms with E-state index in [-0.39, 0.29) is 22.5 Å². The number of hydrogen-bond donors (Lipinski definition) is 1. The molecule has 6 nitrogen and oxygen atoms in total. The van der Waals surface area contributed by atoms with E-state index in [2.05, 4.69) is 35.9 Å². The lowest BCUT2D eigenvalue weighted by Crippen LogP contribution is -2.41. The van der Waals surface area contributed by atoms with Gasteiger partial charge in [-0.1, -0.05) is 38.1 Å². The summed E-state index contributed by atoms with van der Waals surface area (Å²) in [4.78, 5) is 33.2. The lowest BCUT2D eigenvalue weighted by atomic mass is 9.61. The molecule has 0 radical (unpaired) electrons. The average molecular weight is 424 g/mol. The third-order valence-corrected chi connectivity index (χ3v) is 7.03. The summed E-state index contributed by atoms with van der Waals surface area (Å²) in [6.07, 6.45) is 4.37. The number of ether oxygens (including phenoxy) is 1. The molecule has 0 aliphatic heterocycles. The number of aryl methyl sites for hydroxylation is 2. The van der Waals surface area contributed by atoms with Crippen LogP contribution in [-0.4, -0.2) is 28.5 Å². The number of nitrogens with two attached hydrogens (primary N) is 1. The summed E-state index contributed by atoms with van der Waals surface area (Å²) >= 11 is 0. The summed E-state index contributed by atoms with van der Waals surface area (Å²) in [6, 6.07) is 8.32. The van der Waals surface area contributed by atoms with Crippen LogP contribution in [0, 0.1) is 19.3 Å². The van der Waals surface area contributed by atoms with Gasteiger partial charge < -0.3 is 10.5 Å². The Labute approximate surface area is 184 Å². The van der Waals surface area contributed by atoms with Crippen molar-refractivity contribution in [2.75, 3.05) is 6.61 Å². The highest BCUT2D eigenvalue weighted by Gasteiger charge is 2.45. The van der Waals surface area contributed by atoms with E-state index < -0.39 is 5.91 Å². The van der Waals surface area contributed by atoms with Gasteiger partial charge in [-0.15, -0.1) is 0 Å². The van der Waals surface area contributed by atoms with Crippen LogP contribution in [-0.2, 0) is 14.9 Å². The summed E-state index contributed by atoms with van der Waals surface area (Å²) in [7, 11) is 0. The molecular formula is C25H33N3O3. The second-order valence-electron chi connectivity index (χ2n) is 8.95. The number of hydrogen-bond acceptors (Lipinski definition) is 5. The van der Waals surface area contributed by atoms with Gasteiger partial charge in [0.1, 0.15) is 5.69 Å². The second-order valence-corrected chi connectivity index (χ2v) is 8.95. The number of aromatic nitrogens is 2. The molecule has 0 bridgehead atoms. The fourth-order valence-electron chi connectivity index (χ4n) is 4.72. The van der Waals surface area contributed by atoms with Crippen LogP contribution in [0.1, 0.15) is 80.3 Å². The van der Waals surface area contributed by atoms with E-state index in [4.69, 9.17) is 10.5 Å². The molecule has 6 heteroatoms. The number of nitrogens with zero attached hydrogens (tertiary/aromatic N) is 2. The van der Waals surface area contributed by atoms with Crippen molar-refractivity contribution < 1.29 is 14.3 Å². The van der Waals surface area contributed by atoms with E-state index in [9.17, 15) is 9.59 Å². The molecule has 0 atom stereocenters. The van der Waals surface area contributed by atoms with Crippen LogP contribution in [0.25, 0.3) is 11.3 Å². The number of carbonyl (C=O) groups excluding carboxylic acids is 2. The largest absolute Gasteiger partial charge is 0.466 e. The third-order valence-electron chi connectivity index (χ3n) is 7.03. The van der Waals surface area contributed by atoms with E-state index in [1.807, 2.05) is 26.0 Å². The van der Waals surface area contributed by atoms with Crippen molar-refractivity contribution in [3.05, 3.63) is 46.9 Å². The minimum atomic E-state index is -0.571. The number of rotatable bonds is 6. The van der Waals surface area contributed by atoms with Gasteiger partial charge in [-0.05, 0) is 63.9 Å². The summed E-state index contributed by atoms with van der Waals surface area (Å²) < 4.78 is 5.38. The maximum absolute atomic E-state index is 12.6. The third kappa shape index (κ3) is 4.34. The molecule has 1 saturated carbocycles. The van der Waals surface area contributed by atoms with Gasteiger partial charge in [0.25, 0.3) is 5.91 Å². The topological polar surface area (TPSA) is 95.2 Å². The first kappa shape index (κ1) is 22.9. The Bertz CT molecular complexity index is 974. The van der Waals surface area contributed by atoms with Crippen molar-refractivity contribution in [1.82, 2.24) is 9.97 Å². The monoisotopic (exact) mass is 423 g/mol. The minimum Gasteiger partial charge on any atom is -0.466 e. The lowest BCUT2D eigenvalue weighted by molar-refractivity contribution is -0.158. The Kier molecular flexibility index (Phi) is 6.48. The first-order valence-electron chi connectivity index (χ1n) is 11.1. The molecule has 1 aliphatic carbocycles. The molecule has 1 aromatic heterocycles. The van der Waals surface area contributed by atoms with E-state index in [0.717, 1.165) is 43.4 Å². The molecule has 31 heavy (non-hydrogen) atoms. The van der Waals surface area contributed by atoms with Gasteiger partial charge in [0.05, 0.1) is 29.1 Å². The van der Waals surface area contributed by atoms with Crippen molar-refractivity contribution >= 4 is 11.9 Å². The molecule has 2 N–H and O–H groups in total. The molecule has 0 saturated heterocycles. The predicted octanol–water partition coefficient (Wildman–Crippen LogP) is 4.65. The Morgan fingerprint density at radius 2 is 1.61 bits per heavy atom. The quantitative estimate of drug-likeness (QED) is 0.682. The van der Waals surface area contributed by atoms with Gasteiger partial charge in [0.2, 0.25) is 0 Å². The average Bonchev–Trinajstić information content (AvgIpc) is 2.75. The first-order chi connectivity index (χ1) is 14.7. The van der Waals surface area contributed by atoms with Crippen LogP contribution in [0.5, 0.6) is 0 Å². The van der Waals surface area contributed by atoms with Gasteiger partial charge in [-0.2, -0.15) is 0 Å². The van der Waals surface area contributed by atoms with E-state index in [1.54, 1.807) is 6.92 Å². The predicted molar refractivity (Wildman–Crippen MR) is 121 cm³/mol. The van der Waals surface area contributed by atoms with Gasteiger partial charge in [-0.25, -0.2) is 4.98 Å². The maximum atomic E-state index is 12.6. The van der Waals surface area contributed by atoms with Crippen molar-refractivity contribution in [2.24, 2.45) is 11.1 Å². The smallest absolute Gasteiger partial charge is 0.312 e. The Balaban J connectivity index is 1.83. The molecule has 1 heterocycles. The number of benzene rings is 1. The van der Waals surface area contributed by atoms with Crippen molar-refractivity contribution in [2.45, 2.75) is 72.1 Å². The van der Waals surface area contributed by atoms with Crippen LogP contribution in [0.15, 0.2) is 24.3 Å². The minimum absolute atomic E-state index is 0.01000. The van der Waals surface area contributed by atoms with Gasteiger partial charge >= 0.3 is 5.97 Å². The van der Waals surface area contributed by atoms with Crippen LogP contribution < -0.4 is 5.73 Å². The molecule has 3 rings (SSSR count). The highest BCUT2D eigenvalue weighted by Crippen LogP contribution is 2.49. The van der Waals surface area contributed by atoms with Crippen LogP contribution in [0.4, 0.5) is 0 Å². The molecule has 1 amide bonds. The normalized spacial score (nSPS) is 23.4. The second kappa shape index (κ2) is 8.77. The Morgan fingerprint density at radius 3 is 2.13 bits per heavy atom. The molecular weight excluding hydrogens is 390 g/mol. The fourth-order valence-corrected chi connectivity index (χ4v) is 4.72.